The molecule has 0 saturated heterocycles. The molecule has 0 bridgehead atoms. The summed E-state index contributed by atoms with van der Waals surface area (Å²) in [6.07, 6.45) is 0.435. The Morgan fingerprint density at radius 1 is 0.864 bits per heavy atom. The van der Waals surface area contributed by atoms with Gasteiger partial charge in [-0.05, 0) is 20.3 Å². The minimum absolute atomic E-state index is 0.0541. The van der Waals surface area contributed by atoms with Gasteiger partial charge in [-0.15, -0.1) is 0 Å². The van der Waals surface area contributed by atoms with E-state index in [0.717, 1.165) is 0 Å². The number of hydrogen-bond donors (Lipinski definition) is 3. The highest BCUT2D eigenvalue weighted by molar-refractivity contribution is 5.85. The van der Waals surface area contributed by atoms with E-state index in [4.69, 9.17) is 0 Å². The van der Waals surface area contributed by atoms with Crippen molar-refractivity contribution in [2.24, 2.45) is 10.8 Å². The molecule has 3 N–H and O–H groups in total. The lowest BCUT2D eigenvalue weighted by atomic mass is 9.74. The van der Waals surface area contributed by atoms with Gasteiger partial charge in [-0.1, -0.05) is 27.7 Å². The molecule has 22 heavy (non-hydrogen) atoms. The average Bonchev–Trinajstić information content (AvgIpc) is 2.31. The summed E-state index contributed by atoms with van der Waals surface area (Å²) in [6.45, 7) is 13.4. The number of carbonyl (C=O) groups excluding carboxylic acids is 3. The zero-order chi connectivity index (χ0) is 17.6. The lowest BCUT2D eigenvalue weighted by Crippen LogP contribution is -2.47. The molecular weight excluding hydrogens is 282 g/mol. The van der Waals surface area contributed by atoms with E-state index < -0.39 is 10.8 Å². The molecule has 0 aliphatic heterocycles. The van der Waals surface area contributed by atoms with Gasteiger partial charge in [0.15, 0.2) is 0 Å². The second-order valence-electron chi connectivity index (χ2n) is 7.31. The second kappa shape index (κ2) is 8.15. The summed E-state index contributed by atoms with van der Waals surface area (Å²) in [5, 5.41) is 8.31. The maximum Gasteiger partial charge on any atom is 0.225 e. The van der Waals surface area contributed by atoms with Crippen molar-refractivity contribution in [3.8, 4) is 0 Å². The highest BCUT2D eigenvalue weighted by Gasteiger charge is 2.38. The fourth-order valence-corrected chi connectivity index (χ4v) is 2.38. The molecule has 3 amide bonds. The SMILES string of the molecule is CC(=O)NCCNC(=O)C(C)(C)CC(C)(C)C(=O)NC(C)C. The van der Waals surface area contributed by atoms with Crippen molar-refractivity contribution in [2.75, 3.05) is 13.1 Å². The Kier molecular flexibility index (Phi) is 7.56. The minimum Gasteiger partial charge on any atom is -0.355 e. The number of carbonyl (C=O) groups is 3. The fraction of sp³-hybridized carbons (Fsp3) is 0.812. The van der Waals surface area contributed by atoms with Gasteiger partial charge in [-0.2, -0.15) is 0 Å². The van der Waals surface area contributed by atoms with Crippen molar-refractivity contribution in [2.45, 2.75) is 60.9 Å². The van der Waals surface area contributed by atoms with Crippen LogP contribution in [0, 0.1) is 10.8 Å². The van der Waals surface area contributed by atoms with E-state index in [9.17, 15) is 14.4 Å². The standard InChI is InChI=1S/C16H31N3O3/c1-11(2)19-14(22)16(6,7)10-15(4,5)13(21)18-9-8-17-12(3)20/h11H,8-10H2,1-7H3,(H,17,20)(H,18,21)(H,19,22). The van der Waals surface area contributed by atoms with Gasteiger partial charge in [0, 0.05) is 36.9 Å². The van der Waals surface area contributed by atoms with Crippen LogP contribution in [0.2, 0.25) is 0 Å². The summed E-state index contributed by atoms with van der Waals surface area (Å²) < 4.78 is 0. The van der Waals surface area contributed by atoms with Crippen LogP contribution in [0.1, 0.15) is 54.9 Å². The molecule has 0 fully saturated rings. The smallest absolute Gasteiger partial charge is 0.225 e. The van der Waals surface area contributed by atoms with E-state index in [1.54, 1.807) is 0 Å². The first-order valence-electron chi connectivity index (χ1n) is 7.72. The van der Waals surface area contributed by atoms with E-state index in [0.29, 0.717) is 19.5 Å². The Bertz CT molecular complexity index is 415. The van der Waals surface area contributed by atoms with Crippen LogP contribution in [0.5, 0.6) is 0 Å². The molecule has 0 radical (unpaired) electrons. The molecule has 6 nitrogen and oxygen atoms in total. The van der Waals surface area contributed by atoms with Gasteiger partial charge in [0.1, 0.15) is 0 Å². The van der Waals surface area contributed by atoms with Crippen molar-refractivity contribution >= 4 is 17.7 Å². The van der Waals surface area contributed by atoms with Crippen LogP contribution in [0.3, 0.4) is 0 Å². The third-order valence-corrected chi connectivity index (χ3v) is 3.32. The van der Waals surface area contributed by atoms with Gasteiger partial charge in [0.05, 0.1) is 0 Å². The zero-order valence-corrected chi connectivity index (χ0v) is 14.9. The Labute approximate surface area is 133 Å². The van der Waals surface area contributed by atoms with Crippen LogP contribution in [0.15, 0.2) is 0 Å². The van der Waals surface area contributed by atoms with E-state index in [1.165, 1.54) is 6.92 Å². The zero-order valence-electron chi connectivity index (χ0n) is 14.9. The molecule has 0 rings (SSSR count). The van der Waals surface area contributed by atoms with Crippen LogP contribution in [-0.2, 0) is 14.4 Å². The normalized spacial score (nSPS) is 12.0. The number of nitrogens with one attached hydrogen (secondary N) is 3. The van der Waals surface area contributed by atoms with Crippen molar-refractivity contribution in [1.29, 1.82) is 0 Å². The Morgan fingerprint density at radius 3 is 1.77 bits per heavy atom. The first-order chi connectivity index (χ1) is 9.88. The predicted octanol–water partition coefficient (Wildman–Crippen LogP) is 1.21. The molecule has 0 aliphatic rings. The van der Waals surface area contributed by atoms with Gasteiger partial charge in [0.25, 0.3) is 0 Å². The molecule has 0 saturated carbocycles. The molecule has 0 aliphatic carbocycles. The summed E-state index contributed by atoms with van der Waals surface area (Å²) >= 11 is 0. The quantitative estimate of drug-likeness (QED) is 0.589. The monoisotopic (exact) mass is 313 g/mol. The molecule has 0 aromatic rings. The van der Waals surface area contributed by atoms with Gasteiger partial charge < -0.3 is 16.0 Å². The summed E-state index contributed by atoms with van der Waals surface area (Å²) in [5.74, 6) is -0.301. The molecule has 0 atom stereocenters. The largest absolute Gasteiger partial charge is 0.355 e. The molecule has 6 heteroatoms. The minimum atomic E-state index is -0.673. The topological polar surface area (TPSA) is 87.3 Å². The third-order valence-electron chi connectivity index (χ3n) is 3.32. The van der Waals surface area contributed by atoms with E-state index >= 15 is 0 Å². The van der Waals surface area contributed by atoms with Crippen LogP contribution in [0.25, 0.3) is 0 Å². The predicted molar refractivity (Wildman–Crippen MR) is 87.2 cm³/mol. The summed E-state index contributed by atoms with van der Waals surface area (Å²) in [4.78, 5) is 35.3. The number of hydrogen-bond acceptors (Lipinski definition) is 3. The van der Waals surface area contributed by atoms with Gasteiger partial charge in [-0.3, -0.25) is 14.4 Å². The molecule has 0 aromatic heterocycles. The highest BCUT2D eigenvalue weighted by atomic mass is 16.2. The van der Waals surface area contributed by atoms with Crippen LogP contribution in [0.4, 0.5) is 0 Å². The average molecular weight is 313 g/mol. The van der Waals surface area contributed by atoms with E-state index in [1.807, 2.05) is 41.5 Å². The first kappa shape index (κ1) is 20.4. The molecule has 0 spiro atoms. The van der Waals surface area contributed by atoms with E-state index in [2.05, 4.69) is 16.0 Å². The Hall–Kier alpha value is -1.59. The lowest BCUT2D eigenvalue weighted by Gasteiger charge is -2.33. The van der Waals surface area contributed by atoms with Gasteiger partial charge >= 0.3 is 0 Å². The van der Waals surface area contributed by atoms with Crippen molar-refractivity contribution in [1.82, 2.24) is 16.0 Å². The fourth-order valence-electron chi connectivity index (χ4n) is 2.38. The van der Waals surface area contributed by atoms with Crippen molar-refractivity contribution in [3.05, 3.63) is 0 Å². The summed E-state index contributed by atoms with van der Waals surface area (Å²) in [6, 6.07) is 0.0707. The number of rotatable bonds is 8. The third kappa shape index (κ3) is 7.43. The molecule has 0 unspecified atom stereocenters. The molecule has 0 heterocycles. The van der Waals surface area contributed by atoms with Crippen LogP contribution in [-0.4, -0.2) is 36.9 Å². The summed E-state index contributed by atoms with van der Waals surface area (Å²) in [7, 11) is 0. The maximum atomic E-state index is 12.3. The Morgan fingerprint density at radius 2 is 1.32 bits per heavy atom. The molecule has 128 valence electrons. The van der Waals surface area contributed by atoms with Crippen molar-refractivity contribution in [3.63, 3.8) is 0 Å². The lowest BCUT2D eigenvalue weighted by molar-refractivity contribution is -0.136. The van der Waals surface area contributed by atoms with Gasteiger partial charge in [0.2, 0.25) is 17.7 Å². The van der Waals surface area contributed by atoms with Gasteiger partial charge in [-0.25, -0.2) is 0 Å². The summed E-state index contributed by atoms with van der Waals surface area (Å²) in [5.41, 5.74) is -1.31. The van der Waals surface area contributed by atoms with Crippen molar-refractivity contribution < 1.29 is 14.4 Å². The van der Waals surface area contributed by atoms with E-state index in [-0.39, 0.29) is 23.8 Å². The maximum absolute atomic E-state index is 12.3. The number of amides is 3. The first-order valence-corrected chi connectivity index (χ1v) is 7.72. The van der Waals surface area contributed by atoms with Crippen LogP contribution < -0.4 is 16.0 Å². The highest BCUT2D eigenvalue weighted by Crippen LogP contribution is 2.34. The molecule has 0 aromatic carbocycles. The second-order valence-corrected chi connectivity index (χ2v) is 7.31. The van der Waals surface area contributed by atoms with Crippen LogP contribution >= 0.6 is 0 Å². The molecular formula is C16H31N3O3. The Balaban J connectivity index is 4.55.